The predicted molar refractivity (Wildman–Crippen MR) is 122 cm³/mol. The van der Waals surface area contributed by atoms with Crippen molar-refractivity contribution in [2.24, 2.45) is 0 Å². The van der Waals surface area contributed by atoms with Crippen LogP contribution in [-0.2, 0) is 13.0 Å². The number of rotatable bonds is 7. The number of para-hydroxylation sites is 1. The number of hydrogen-bond acceptors (Lipinski definition) is 1. The number of nitrogens with one attached hydrogen (secondary N) is 1. The fourth-order valence-corrected chi connectivity index (χ4v) is 3.70. The van der Waals surface area contributed by atoms with Gasteiger partial charge in [-0.25, -0.2) is 0 Å². The van der Waals surface area contributed by atoms with Crippen LogP contribution in [0.3, 0.4) is 0 Å². The van der Waals surface area contributed by atoms with Crippen molar-refractivity contribution in [1.82, 2.24) is 9.88 Å². The Morgan fingerprint density at radius 2 is 1.54 bits per heavy atom. The van der Waals surface area contributed by atoms with Gasteiger partial charge in [0.05, 0.1) is 0 Å². The second-order valence-corrected chi connectivity index (χ2v) is 7.26. The smallest absolute Gasteiger partial charge is 0.0499 e. The van der Waals surface area contributed by atoms with Crippen LogP contribution in [0.1, 0.15) is 17.5 Å². The minimum Gasteiger partial charge on any atom is -0.361 e. The highest BCUT2D eigenvalue weighted by atomic mass is 35.5. The van der Waals surface area contributed by atoms with Crippen LogP contribution < -0.4 is 0 Å². The van der Waals surface area contributed by atoms with E-state index >= 15 is 0 Å². The van der Waals surface area contributed by atoms with Crippen LogP contribution in [0.4, 0.5) is 0 Å². The summed E-state index contributed by atoms with van der Waals surface area (Å²) in [5, 5.41) is 1.29. The molecular formula is C25H27ClN2. The van der Waals surface area contributed by atoms with Gasteiger partial charge in [0.1, 0.15) is 0 Å². The van der Waals surface area contributed by atoms with Gasteiger partial charge in [-0.2, -0.15) is 0 Å². The van der Waals surface area contributed by atoms with Crippen molar-refractivity contribution >= 4 is 23.3 Å². The van der Waals surface area contributed by atoms with E-state index in [0.29, 0.717) is 0 Å². The van der Waals surface area contributed by atoms with Gasteiger partial charge >= 0.3 is 0 Å². The third-order valence-corrected chi connectivity index (χ3v) is 5.18. The van der Waals surface area contributed by atoms with E-state index in [9.17, 15) is 0 Å². The molecule has 3 aromatic carbocycles. The standard InChI is InChI=1S/C25H26N2.ClH/c1-27(19-24-11-5-10-23-16-17-26-25(23)24)18-6-7-20-12-14-22(15-13-20)21-8-3-2-4-9-21;/h2-5,8-17,26H,6-7,18-19H2,1H3;1H. The highest BCUT2D eigenvalue weighted by molar-refractivity contribution is 5.85. The Kier molecular flexibility index (Phi) is 6.91. The maximum atomic E-state index is 3.37. The van der Waals surface area contributed by atoms with E-state index in [-0.39, 0.29) is 12.4 Å². The van der Waals surface area contributed by atoms with Crippen LogP contribution in [0, 0.1) is 0 Å². The van der Waals surface area contributed by atoms with Crippen LogP contribution >= 0.6 is 12.4 Å². The largest absolute Gasteiger partial charge is 0.361 e. The number of aromatic nitrogens is 1. The van der Waals surface area contributed by atoms with Crippen molar-refractivity contribution in [3.63, 3.8) is 0 Å². The number of benzene rings is 3. The minimum atomic E-state index is 0. The summed E-state index contributed by atoms with van der Waals surface area (Å²) in [6, 6.07) is 28.2. The average Bonchev–Trinajstić information content (AvgIpc) is 3.19. The van der Waals surface area contributed by atoms with E-state index in [1.54, 1.807) is 0 Å². The van der Waals surface area contributed by atoms with E-state index in [1.165, 1.54) is 39.6 Å². The molecule has 0 fully saturated rings. The number of nitrogens with zero attached hydrogens (tertiary/aromatic N) is 1. The predicted octanol–water partition coefficient (Wildman–Crippen LogP) is 6.32. The van der Waals surface area contributed by atoms with Gasteiger partial charge < -0.3 is 9.88 Å². The quantitative estimate of drug-likeness (QED) is 0.391. The fourth-order valence-electron chi connectivity index (χ4n) is 3.70. The molecule has 0 bridgehead atoms. The van der Waals surface area contributed by atoms with Gasteiger partial charge in [-0.05, 0) is 60.1 Å². The Morgan fingerprint density at radius 1 is 0.786 bits per heavy atom. The van der Waals surface area contributed by atoms with Crippen molar-refractivity contribution in [3.05, 3.63) is 96.2 Å². The van der Waals surface area contributed by atoms with E-state index in [1.807, 2.05) is 6.20 Å². The monoisotopic (exact) mass is 390 g/mol. The topological polar surface area (TPSA) is 19.0 Å². The van der Waals surface area contributed by atoms with E-state index < -0.39 is 0 Å². The van der Waals surface area contributed by atoms with Crippen LogP contribution in [0.25, 0.3) is 22.0 Å². The molecule has 1 aromatic heterocycles. The lowest BCUT2D eigenvalue weighted by Crippen LogP contribution is -2.19. The Bertz CT molecular complexity index is 990. The van der Waals surface area contributed by atoms with Crippen molar-refractivity contribution in [1.29, 1.82) is 0 Å². The Labute approximate surface area is 173 Å². The zero-order valence-electron chi connectivity index (χ0n) is 16.3. The van der Waals surface area contributed by atoms with Gasteiger partial charge in [0, 0.05) is 18.3 Å². The summed E-state index contributed by atoms with van der Waals surface area (Å²) in [6.07, 6.45) is 4.31. The van der Waals surface area contributed by atoms with Gasteiger partial charge in [0.2, 0.25) is 0 Å². The van der Waals surface area contributed by atoms with Crippen molar-refractivity contribution in [2.75, 3.05) is 13.6 Å². The second kappa shape index (κ2) is 9.59. The number of aromatic amines is 1. The summed E-state index contributed by atoms with van der Waals surface area (Å²) in [6.45, 7) is 2.07. The third kappa shape index (κ3) is 4.83. The number of hydrogen-bond donors (Lipinski definition) is 1. The molecule has 0 amide bonds. The van der Waals surface area contributed by atoms with Gasteiger partial charge in [-0.15, -0.1) is 12.4 Å². The molecule has 0 aliphatic rings. The van der Waals surface area contributed by atoms with Gasteiger partial charge in [0.15, 0.2) is 0 Å². The molecule has 2 nitrogen and oxygen atoms in total. The van der Waals surface area contributed by atoms with Crippen molar-refractivity contribution < 1.29 is 0 Å². The summed E-state index contributed by atoms with van der Waals surface area (Å²) in [5.41, 5.74) is 6.61. The highest BCUT2D eigenvalue weighted by Gasteiger charge is 2.06. The molecule has 1 heterocycles. The van der Waals surface area contributed by atoms with E-state index in [0.717, 1.165) is 19.5 Å². The average molecular weight is 391 g/mol. The molecule has 0 spiro atoms. The third-order valence-electron chi connectivity index (χ3n) is 5.18. The molecule has 0 atom stereocenters. The van der Waals surface area contributed by atoms with Crippen LogP contribution in [-0.4, -0.2) is 23.5 Å². The molecule has 1 N–H and O–H groups in total. The number of aryl methyl sites for hydroxylation is 1. The molecule has 4 aromatic rings. The molecule has 28 heavy (non-hydrogen) atoms. The molecule has 0 aliphatic carbocycles. The van der Waals surface area contributed by atoms with Crippen molar-refractivity contribution in [3.8, 4) is 11.1 Å². The van der Waals surface area contributed by atoms with E-state index in [4.69, 9.17) is 0 Å². The minimum absolute atomic E-state index is 0. The summed E-state index contributed by atoms with van der Waals surface area (Å²) >= 11 is 0. The lowest BCUT2D eigenvalue weighted by Gasteiger charge is -2.17. The first-order chi connectivity index (χ1) is 13.3. The Morgan fingerprint density at radius 3 is 2.32 bits per heavy atom. The maximum absolute atomic E-state index is 3.37. The molecule has 0 saturated heterocycles. The summed E-state index contributed by atoms with van der Waals surface area (Å²) in [5.74, 6) is 0. The molecule has 144 valence electrons. The summed E-state index contributed by atoms with van der Waals surface area (Å²) in [4.78, 5) is 5.78. The molecule has 0 saturated carbocycles. The lowest BCUT2D eigenvalue weighted by atomic mass is 10.0. The normalized spacial score (nSPS) is 10.9. The first kappa shape index (κ1) is 20.2. The fraction of sp³-hybridized carbons (Fsp3) is 0.200. The molecule has 0 aliphatic heterocycles. The number of fused-ring (bicyclic) bond motifs is 1. The number of H-pyrrole nitrogens is 1. The zero-order valence-corrected chi connectivity index (χ0v) is 17.1. The molecule has 0 unspecified atom stereocenters. The lowest BCUT2D eigenvalue weighted by molar-refractivity contribution is 0.323. The second-order valence-electron chi connectivity index (χ2n) is 7.26. The first-order valence-electron chi connectivity index (χ1n) is 9.67. The van der Waals surface area contributed by atoms with Crippen molar-refractivity contribution in [2.45, 2.75) is 19.4 Å². The molecule has 3 heteroatoms. The summed E-state index contributed by atoms with van der Waals surface area (Å²) < 4.78 is 0. The first-order valence-corrected chi connectivity index (χ1v) is 9.67. The Balaban J connectivity index is 0.00000225. The highest BCUT2D eigenvalue weighted by Crippen LogP contribution is 2.20. The van der Waals surface area contributed by atoms with Crippen LogP contribution in [0.15, 0.2) is 85.1 Å². The van der Waals surface area contributed by atoms with E-state index in [2.05, 4.69) is 95.8 Å². The van der Waals surface area contributed by atoms with Crippen LogP contribution in [0.2, 0.25) is 0 Å². The molecule has 0 radical (unpaired) electrons. The zero-order chi connectivity index (χ0) is 18.5. The summed E-state index contributed by atoms with van der Waals surface area (Å²) in [7, 11) is 2.21. The maximum Gasteiger partial charge on any atom is 0.0499 e. The number of halogens is 1. The van der Waals surface area contributed by atoms with Gasteiger partial charge in [-0.3, -0.25) is 0 Å². The van der Waals surface area contributed by atoms with Gasteiger partial charge in [-0.1, -0.05) is 72.8 Å². The molecular weight excluding hydrogens is 364 g/mol. The Hall–Kier alpha value is -2.55. The SMILES string of the molecule is CN(CCCc1ccc(-c2ccccc2)cc1)Cc1cccc2cc[nH]c12.Cl. The molecule has 4 rings (SSSR count). The van der Waals surface area contributed by atoms with Gasteiger partial charge in [0.25, 0.3) is 0 Å². The van der Waals surface area contributed by atoms with Crippen LogP contribution in [0.5, 0.6) is 0 Å².